The van der Waals surface area contributed by atoms with Gasteiger partial charge in [-0.25, -0.2) is 4.39 Å². The fourth-order valence-corrected chi connectivity index (χ4v) is 2.96. The molecule has 2 fully saturated rings. The second kappa shape index (κ2) is 5.97. The van der Waals surface area contributed by atoms with Crippen LogP contribution in [0.3, 0.4) is 0 Å². The molecule has 1 saturated carbocycles. The minimum Gasteiger partial charge on any atom is -0.317 e. The topological polar surface area (TPSA) is 28.2 Å². The van der Waals surface area contributed by atoms with E-state index in [9.17, 15) is 4.39 Å². The van der Waals surface area contributed by atoms with Crippen LogP contribution in [-0.2, 0) is 6.54 Å². The molecule has 0 amide bonds. The van der Waals surface area contributed by atoms with Crippen molar-refractivity contribution in [1.82, 2.24) is 15.2 Å². The van der Waals surface area contributed by atoms with Crippen LogP contribution < -0.4 is 5.32 Å². The molecule has 4 heteroatoms. The van der Waals surface area contributed by atoms with Gasteiger partial charge in [0.15, 0.2) is 0 Å². The minimum atomic E-state index is -0.227. The van der Waals surface area contributed by atoms with Gasteiger partial charge in [-0.2, -0.15) is 0 Å². The third-order valence-electron chi connectivity index (χ3n) is 4.16. The number of hydrogen-bond acceptors (Lipinski definition) is 3. The Hall–Kier alpha value is -1.00. The Bertz CT molecular complexity index is 414. The SMILES string of the molecule is Fc1cncc(CN(CC2CCNCC2)C2CC2)c1. The summed E-state index contributed by atoms with van der Waals surface area (Å²) in [6.45, 7) is 4.29. The quantitative estimate of drug-likeness (QED) is 0.882. The van der Waals surface area contributed by atoms with Crippen molar-refractivity contribution >= 4 is 0 Å². The molecule has 2 heterocycles. The highest BCUT2D eigenvalue weighted by atomic mass is 19.1. The Morgan fingerprint density at radius 3 is 2.68 bits per heavy atom. The van der Waals surface area contributed by atoms with E-state index >= 15 is 0 Å². The molecule has 0 atom stereocenters. The highest BCUT2D eigenvalue weighted by Crippen LogP contribution is 2.30. The van der Waals surface area contributed by atoms with Gasteiger partial charge in [0.2, 0.25) is 0 Å². The molecule has 1 N–H and O–H groups in total. The summed E-state index contributed by atoms with van der Waals surface area (Å²) >= 11 is 0. The zero-order chi connectivity index (χ0) is 13.1. The van der Waals surface area contributed by atoms with Crippen molar-refractivity contribution < 1.29 is 4.39 Å². The number of pyridine rings is 1. The maximum Gasteiger partial charge on any atom is 0.141 e. The molecule has 3 nitrogen and oxygen atoms in total. The lowest BCUT2D eigenvalue weighted by molar-refractivity contribution is 0.190. The number of nitrogens with zero attached hydrogens (tertiary/aromatic N) is 2. The average molecular weight is 263 g/mol. The van der Waals surface area contributed by atoms with Crippen molar-refractivity contribution in [2.45, 2.75) is 38.3 Å². The smallest absolute Gasteiger partial charge is 0.141 e. The van der Waals surface area contributed by atoms with E-state index < -0.39 is 0 Å². The van der Waals surface area contributed by atoms with Crippen molar-refractivity contribution in [3.05, 3.63) is 29.8 Å². The summed E-state index contributed by atoms with van der Waals surface area (Å²) in [4.78, 5) is 6.49. The number of hydrogen-bond donors (Lipinski definition) is 1. The predicted octanol–water partition coefficient (Wildman–Crippen LogP) is 2.18. The van der Waals surface area contributed by atoms with Crippen LogP contribution in [0.4, 0.5) is 4.39 Å². The first kappa shape index (κ1) is 13.0. The number of piperidine rings is 1. The molecule has 1 aliphatic carbocycles. The van der Waals surface area contributed by atoms with Gasteiger partial charge in [-0.1, -0.05) is 0 Å². The fourth-order valence-electron chi connectivity index (χ4n) is 2.96. The first-order chi connectivity index (χ1) is 9.31. The summed E-state index contributed by atoms with van der Waals surface area (Å²) < 4.78 is 13.2. The number of rotatable bonds is 5. The lowest BCUT2D eigenvalue weighted by atomic mass is 9.97. The summed E-state index contributed by atoms with van der Waals surface area (Å²) in [5.74, 6) is 0.568. The summed E-state index contributed by atoms with van der Waals surface area (Å²) in [5.41, 5.74) is 1.00. The van der Waals surface area contributed by atoms with Crippen molar-refractivity contribution in [2.75, 3.05) is 19.6 Å². The molecule has 0 radical (unpaired) electrons. The van der Waals surface area contributed by atoms with Gasteiger partial charge in [0.1, 0.15) is 5.82 Å². The van der Waals surface area contributed by atoms with Crippen molar-refractivity contribution in [3.8, 4) is 0 Å². The Balaban J connectivity index is 1.60. The molecule has 1 saturated heterocycles. The van der Waals surface area contributed by atoms with Gasteiger partial charge in [-0.3, -0.25) is 9.88 Å². The van der Waals surface area contributed by atoms with E-state index in [1.807, 2.05) is 0 Å². The maximum atomic E-state index is 13.2. The molecule has 104 valence electrons. The van der Waals surface area contributed by atoms with Gasteiger partial charge in [-0.05, 0) is 56.3 Å². The van der Waals surface area contributed by atoms with Crippen LogP contribution in [0.5, 0.6) is 0 Å². The molecule has 19 heavy (non-hydrogen) atoms. The number of aromatic nitrogens is 1. The normalized spacial score (nSPS) is 20.9. The molecule has 2 aliphatic rings. The van der Waals surface area contributed by atoms with E-state index in [1.165, 1.54) is 31.9 Å². The van der Waals surface area contributed by atoms with Gasteiger partial charge in [0.05, 0.1) is 6.20 Å². The molecular formula is C15H22FN3. The predicted molar refractivity (Wildman–Crippen MR) is 73.2 cm³/mol. The van der Waals surface area contributed by atoms with E-state index in [0.717, 1.165) is 43.7 Å². The summed E-state index contributed by atoms with van der Waals surface area (Å²) in [6.07, 6.45) is 8.20. The van der Waals surface area contributed by atoms with Crippen LogP contribution in [0.25, 0.3) is 0 Å². The first-order valence-electron chi connectivity index (χ1n) is 7.35. The van der Waals surface area contributed by atoms with Gasteiger partial charge >= 0.3 is 0 Å². The fraction of sp³-hybridized carbons (Fsp3) is 0.667. The van der Waals surface area contributed by atoms with Gasteiger partial charge in [-0.15, -0.1) is 0 Å². The van der Waals surface area contributed by atoms with Crippen LogP contribution in [0.2, 0.25) is 0 Å². The molecule has 1 aromatic heterocycles. The lowest BCUT2D eigenvalue weighted by Crippen LogP contribution is -2.37. The van der Waals surface area contributed by atoms with Crippen molar-refractivity contribution in [1.29, 1.82) is 0 Å². The molecule has 0 bridgehead atoms. The average Bonchev–Trinajstić information content (AvgIpc) is 3.23. The highest BCUT2D eigenvalue weighted by Gasteiger charge is 2.30. The molecule has 0 aromatic carbocycles. The Kier molecular flexibility index (Phi) is 4.09. The maximum absolute atomic E-state index is 13.2. The second-order valence-corrected chi connectivity index (χ2v) is 5.87. The molecule has 0 unspecified atom stereocenters. The third-order valence-corrected chi connectivity index (χ3v) is 4.16. The standard InChI is InChI=1S/C15H22FN3/c16-14-7-13(8-18-9-14)11-19(15-1-2-15)10-12-3-5-17-6-4-12/h7-9,12,15,17H,1-6,10-11H2. The van der Waals surface area contributed by atoms with E-state index in [4.69, 9.17) is 0 Å². The van der Waals surface area contributed by atoms with E-state index in [-0.39, 0.29) is 5.82 Å². The van der Waals surface area contributed by atoms with E-state index in [0.29, 0.717) is 0 Å². The molecule has 1 aromatic rings. The van der Waals surface area contributed by atoms with Crippen molar-refractivity contribution in [3.63, 3.8) is 0 Å². The highest BCUT2D eigenvalue weighted by molar-refractivity contribution is 5.10. The van der Waals surface area contributed by atoms with Gasteiger partial charge in [0.25, 0.3) is 0 Å². The van der Waals surface area contributed by atoms with Gasteiger partial charge in [0, 0.05) is 25.3 Å². The first-order valence-corrected chi connectivity index (χ1v) is 7.35. The number of halogens is 1. The van der Waals surface area contributed by atoms with E-state index in [1.54, 1.807) is 12.3 Å². The number of nitrogens with one attached hydrogen (secondary N) is 1. The zero-order valence-corrected chi connectivity index (χ0v) is 11.3. The molecule has 3 rings (SSSR count). The monoisotopic (exact) mass is 263 g/mol. The summed E-state index contributed by atoms with van der Waals surface area (Å²) in [5, 5.41) is 3.41. The zero-order valence-electron chi connectivity index (χ0n) is 11.3. The largest absolute Gasteiger partial charge is 0.317 e. The van der Waals surface area contributed by atoms with Crippen LogP contribution in [0, 0.1) is 11.7 Å². The molecule has 1 aliphatic heterocycles. The summed E-state index contributed by atoms with van der Waals surface area (Å²) in [6, 6.07) is 2.34. The Morgan fingerprint density at radius 2 is 2.00 bits per heavy atom. The minimum absolute atomic E-state index is 0.227. The lowest BCUT2D eigenvalue weighted by Gasteiger charge is -2.30. The third kappa shape index (κ3) is 3.74. The van der Waals surface area contributed by atoms with E-state index in [2.05, 4.69) is 15.2 Å². The Morgan fingerprint density at radius 1 is 1.21 bits per heavy atom. The Labute approximate surface area is 114 Å². The van der Waals surface area contributed by atoms with Crippen molar-refractivity contribution in [2.24, 2.45) is 5.92 Å². The van der Waals surface area contributed by atoms with Crippen LogP contribution >= 0.6 is 0 Å². The summed E-state index contributed by atoms with van der Waals surface area (Å²) in [7, 11) is 0. The van der Waals surface area contributed by atoms with Gasteiger partial charge < -0.3 is 5.32 Å². The van der Waals surface area contributed by atoms with Crippen LogP contribution in [0.15, 0.2) is 18.5 Å². The second-order valence-electron chi connectivity index (χ2n) is 5.87. The van der Waals surface area contributed by atoms with Crippen LogP contribution in [-0.4, -0.2) is 35.6 Å². The molecule has 0 spiro atoms. The molecular weight excluding hydrogens is 241 g/mol. The van der Waals surface area contributed by atoms with Crippen LogP contribution in [0.1, 0.15) is 31.2 Å².